The Labute approximate surface area is 132 Å². The van der Waals surface area contributed by atoms with Crippen molar-refractivity contribution in [1.29, 1.82) is 0 Å². The van der Waals surface area contributed by atoms with Crippen LogP contribution in [0.25, 0.3) is 0 Å². The van der Waals surface area contributed by atoms with E-state index in [0.29, 0.717) is 30.4 Å². The number of hydrogen-bond acceptors (Lipinski definition) is 5. The number of carbonyl (C=O) groups excluding carboxylic acids is 2. The molecule has 0 radical (unpaired) electrons. The predicted molar refractivity (Wildman–Crippen MR) is 82.4 cm³/mol. The van der Waals surface area contributed by atoms with Crippen LogP contribution in [0.1, 0.15) is 31.5 Å². The van der Waals surface area contributed by atoms with Crippen molar-refractivity contribution < 1.29 is 18.7 Å². The largest absolute Gasteiger partial charge is 0.461 e. The lowest BCUT2D eigenvalue weighted by Crippen LogP contribution is -2.49. The second kappa shape index (κ2) is 6.46. The second-order valence-corrected chi connectivity index (χ2v) is 6.53. The fraction of sp³-hybridized carbons (Fsp3) is 0.375. The first-order valence-corrected chi connectivity index (χ1v) is 7.98. The molecular formula is C16H17NO4S. The van der Waals surface area contributed by atoms with E-state index in [1.807, 2.05) is 19.1 Å². The number of Topliss-reactive ketones (excluding diaryl/α,β-unsaturated/α-hetero) is 1. The highest BCUT2D eigenvalue weighted by molar-refractivity contribution is 7.13. The Morgan fingerprint density at radius 1 is 1.36 bits per heavy atom. The minimum Gasteiger partial charge on any atom is -0.461 e. The Bertz CT molecular complexity index is 662. The summed E-state index contributed by atoms with van der Waals surface area (Å²) in [6.45, 7) is 3.36. The molecule has 0 spiro atoms. The molecule has 0 aliphatic carbocycles. The Kier molecular flexibility index (Phi) is 4.40. The van der Waals surface area contributed by atoms with Crippen LogP contribution in [0.3, 0.4) is 0 Å². The van der Waals surface area contributed by atoms with Crippen molar-refractivity contribution in [2.45, 2.75) is 19.4 Å². The molecule has 0 aromatic carbocycles. The predicted octanol–water partition coefficient (Wildman–Crippen LogP) is 2.76. The zero-order valence-corrected chi connectivity index (χ0v) is 13.1. The first-order chi connectivity index (χ1) is 10.6. The van der Waals surface area contributed by atoms with Crippen molar-refractivity contribution in [3.05, 3.63) is 46.0 Å². The van der Waals surface area contributed by atoms with Crippen molar-refractivity contribution >= 4 is 23.0 Å². The maximum atomic E-state index is 12.6. The average molecular weight is 319 g/mol. The molecule has 2 aromatic heterocycles. The summed E-state index contributed by atoms with van der Waals surface area (Å²) < 4.78 is 10.6. The molecule has 0 unspecified atom stereocenters. The minimum atomic E-state index is -0.249. The van der Waals surface area contributed by atoms with E-state index >= 15 is 0 Å². The lowest BCUT2D eigenvalue weighted by atomic mass is 10.1. The SMILES string of the molecule is Cc1ccc(C(=O)N2CCOC[C@@H]2CC(=O)c2ccco2)s1. The number of carbonyl (C=O) groups is 2. The molecule has 1 amide bonds. The van der Waals surface area contributed by atoms with Gasteiger partial charge in [-0.3, -0.25) is 9.59 Å². The number of hydrogen-bond donors (Lipinski definition) is 0. The number of ketones is 1. The van der Waals surface area contributed by atoms with Gasteiger partial charge in [0.05, 0.1) is 30.4 Å². The van der Waals surface area contributed by atoms with Gasteiger partial charge in [-0.05, 0) is 31.2 Å². The van der Waals surface area contributed by atoms with Gasteiger partial charge < -0.3 is 14.1 Å². The van der Waals surface area contributed by atoms with Gasteiger partial charge in [0.1, 0.15) is 0 Å². The fourth-order valence-electron chi connectivity index (χ4n) is 2.53. The number of aryl methyl sites for hydroxylation is 1. The van der Waals surface area contributed by atoms with E-state index in [2.05, 4.69) is 0 Å². The van der Waals surface area contributed by atoms with Gasteiger partial charge in [0.15, 0.2) is 11.5 Å². The molecule has 1 fully saturated rings. The van der Waals surface area contributed by atoms with Gasteiger partial charge in [-0.1, -0.05) is 0 Å². The molecule has 2 aromatic rings. The highest BCUT2D eigenvalue weighted by Gasteiger charge is 2.31. The van der Waals surface area contributed by atoms with Crippen LogP contribution in [0.5, 0.6) is 0 Å². The Morgan fingerprint density at radius 3 is 2.91 bits per heavy atom. The normalized spacial score (nSPS) is 18.4. The van der Waals surface area contributed by atoms with E-state index in [0.717, 1.165) is 4.88 Å². The second-order valence-electron chi connectivity index (χ2n) is 5.24. The van der Waals surface area contributed by atoms with Gasteiger partial charge in [-0.2, -0.15) is 0 Å². The maximum absolute atomic E-state index is 12.6. The summed E-state index contributed by atoms with van der Waals surface area (Å²) in [7, 11) is 0. The van der Waals surface area contributed by atoms with Crippen LogP contribution >= 0.6 is 11.3 Å². The molecule has 5 nitrogen and oxygen atoms in total. The van der Waals surface area contributed by atoms with E-state index in [1.54, 1.807) is 17.0 Å². The van der Waals surface area contributed by atoms with Crippen molar-refractivity contribution in [2.75, 3.05) is 19.8 Å². The Balaban J connectivity index is 1.73. The lowest BCUT2D eigenvalue weighted by Gasteiger charge is -2.35. The van der Waals surface area contributed by atoms with Gasteiger partial charge in [0, 0.05) is 17.8 Å². The van der Waals surface area contributed by atoms with E-state index in [9.17, 15) is 9.59 Å². The minimum absolute atomic E-state index is 0.0290. The third-order valence-corrected chi connectivity index (χ3v) is 4.65. The van der Waals surface area contributed by atoms with E-state index < -0.39 is 0 Å². The number of thiophene rings is 1. The monoisotopic (exact) mass is 319 g/mol. The smallest absolute Gasteiger partial charge is 0.264 e. The van der Waals surface area contributed by atoms with Crippen LogP contribution in [-0.2, 0) is 4.74 Å². The van der Waals surface area contributed by atoms with E-state index in [1.165, 1.54) is 17.6 Å². The number of morpholine rings is 1. The molecule has 1 saturated heterocycles. The van der Waals surface area contributed by atoms with Crippen molar-refractivity contribution in [1.82, 2.24) is 4.90 Å². The van der Waals surface area contributed by atoms with Crippen LogP contribution < -0.4 is 0 Å². The van der Waals surface area contributed by atoms with E-state index in [-0.39, 0.29) is 24.2 Å². The van der Waals surface area contributed by atoms with Crippen LogP contribution in [0, 0.1) is 6.92 Å². The van der Waals surface area contributed by atoms with Crippen molar-refractivity contribution in [3.8, 4) is 0 Å². The summed E-state index contributed by atoms with van der Waals surface area (Å²) in [6.07, 6.45) is 1.69. The highest BCUT2D eigenvalue weighted by atomic mass is 32.1. The first kappa shape index (κ1) is 15.0. The third-order valence-electron chi connectivity index (χ3n) is 3.66. The zero-order valence-electron chi connectivity index (χ0n) is 12.3. The summed E-state index contributed by atoms with van der Waals surface area (Å²) in [4.78, 5) is 28.4. The maximum Gasteiger partial charge on any atom is 0.264 e. The molecule has 116 valence electrons. The zero-order chi connectivity index (χ0) is 15.5. The molecule has 1 aliphatic rings. The van der Waals surface area contributed by atoms with Gasteiger partial charge in [-0.25, -0.2) is 0 Å². The molecule has 1 aliphatic heterocycles. The molecule has 3 heterocycles. The lowest BCUT2D eigenvalue weighted by molar-refractivity contribution is -0.00277. The molecule has 0 saturated carbocycles. The van der Waals surface area contributed by atoms with Crippen molar-refractivity contribution in [3.63, 3.8) is 0 Å². The van der Waals surface area contributed by atoms with Gasteiger partial charge in [0.2, 0.25) is 0 Å². The molecule has 22 heavy (non-hydrogen) atoms. The summed E-state index contributed by atoms with van der Waals surface area (Å²) in [5.41, 5.74) is 0. The van der Waals surface area contributed by atoms with Crippen LogP contribution in [0.15, 0.2) is 34.9 Å². The molecule has 0 N–H and O–H groups in total. The van der Waals surface area contributed by atoms with Gasteiger partial charge in [0.25, 0.3) is 5.91 Å². The molecule has 1 atom stereocenters. The summed E-state index contributed by atoms with van der Waals surface area (Å²) in [6, 6.07) is 6.84. The number of nitrogens with zero attached hydrogens (tertiary/aromatic N) is 1. The molecule has 0 bridgehead atoms. The van der Waals surface area contributed by atoms with E-state index in [4.69, 9.17) is 9.15 Å². The quantitative estimate of drug-likeness (QED) is 0.813. The number of ether oxygens (including phenoxy) is 1. The molecular weight excluding hydrogens is 302 g/mol. The summed E-state index contributed by atoms with van der Waals surface area (Å²) in [5.74, 6) is 0.184. The third kappa shape index (κ3) is 3.13. The molecule has 3 rings (SSSR count). The topological polar surface area (TPSA) is 59.8 Å². The Hall–Kier alpha value is -1.92. The van der Waals surface area contributed by atoms with Crippen LogP contribution in [0.4, 0.5) is 0 Å². The highest BCUT2D eigenvalue weighted by Crippen LogP contribution is 2.22. The van der Waals surface area contributed by atoms with Gasteiger partial charge in [-0.15, -0.1) is 11.3 Å². The van der Waals surface area contributed by atoms with Crippen molar-refractivity contribution in [2.24, 2.45) is 0 Å². The average Bonchev–Trinajstić information content (AvgIpc) is 3.18. The standard InChI is InChI=1S/C16H17NO4S/c1-11-4-5-15(22-11)16(19)17-6-8-20-10-12(17)9-13(18)14-3-2-7-21-14/h2-5,7,12H,6,8-10H2,1H3/t12-/m0/s1. The van der Waals surface area contributed by atoms with Gasteiger partial charge >= 0.3 is 0 Å². The summed E-state index contributed by atoms with van der Waals surface area (Å²) >= 11 is 1.47. The number of furan rings is 1. The Morgan fingerprint density at radius 2 is 2.23 bits per heavy atom. The number of rotatable bonds is 4. The number of amides is 1. The fourth-order valence-corrected chi connectivity index (χ4v) is 3.36. The van der Waals surface area contributed by atoms with Crippen LogP contribution in [-0.4, -0.2) is 42.4 Å². The molecule has 6 heteroatoms. The first-order valence-electron chi connectivity index (χ1n) is 7.17. The van der Waals surface area contributed by atoms with Crippen LogP contribution in [0.2, 0.25) is 0 Å². The summed E-state index contributed by atoms with van der Waals surface area (Å²) in [5, 5.41) is 0.